The minimum Gasteiger partial charge on any atom is -0.330 e. The van der Waals surface area contributed by atoms with E-state index in [1.54, 1.807) is 22.6 Å². The third kappa shape index (κ3) is 3.18. The zero-order valence-corrected chi connectivity index (χ0v) is 15.9. The lowest BCUT2D eigenvalue weighted by molar-refractivity contribution is 0.349. The van der Waals surface area contributed by atoms with E-state index in [1.165, 1.54) is 0 Å². The number of rotatable bonds is 4. The third-order valence-electron chi connectivity index (χ3n) is 4.71. The molecule has 8 heteroatoms. The second-order valence-corrected chi connectivity index (χ2v) is 8.94. The Balaban J connectivity index is 0.00000208. The van der Waals surface area contributed by atoms with Crippen LogP contribution < -0.4 is 5.73 Å². The largest absolute Gasteiger partial charge is 0.330 e. The number of fused-ring (bicyclic) bond motifs is 1. The smallest absolute Gasteiger partial charge is 0.243 e. The van der Waals surface area contributed by atoms with E-state index in [2.05, 4.69) is 18.9 Å². The Morgan fingerprint density at radius 2 is 2.08 bits per heavy atom. The summed E-state index contributed by atoms with van der Waals surface area (Å²) in [6.07, 6.45) is 2.53. The van der Waals surface area contributed by atoms with Crippen molar-refractivity contribution < 1.29 is 8.42 Å². The molecule has 0 saturated carbocycles. The molecule has 134 valence electrons. The molecule has 1 unspecified atom stereocenters. The summed E-state index contributed by atoms with van der Waals surface area (Å²) < 4.78 is 29.2. The van der Waals surface area contributed by atoms with E-state index >= 15 is 0 Å². The van der Waals surface area contributed by atoms with E-state index in [0.29, 0.717) is 24.5 Å². The summed E-state index contributed by atoms with van der Waals surface area (Å²) in [4.78, 5) is 0.328. The summed E-state index contributed by atoms with van der Waals surface area (Å²) in [6, 6.07) is 5.47. The van der Waals surface area contributed by atoms with Crippen molar-refractivity contribution >= 4 is 33.3 Å². The number of aromatic nitrogens is 2. The van der Waals surface area contributed by atoms with Crippen LogP contribution in [0.2, 0.25) is 0 Å². The first-order chi connectivity index (χ1) is 10.8. The monoisotopic (exact) mass is 372 g/mol. The highest BCUT2D eigenvalue weighted by Crippen LogP contribution is 2.33. The van der Waals surface area contributed by atoms with Crippen molar-refractivity contribution in [3.05, 3.63) is 24.4 Å². The molecule has 3 rings (SSSR count). The van der Waals surface area contributed by atoms with Gasteiger partial charge in [-0.25, -0.2) is 8.42 Å². The summed E-state index contributed by atoms with van der Waals surface area (Å²) in [5.41, 5.74) is 6.61. The Kier molecular flexibility index (Phi) is 5.30. The molecule has 0 spiro atoms. The lowest BCUT2D eigenvalue weighted by Gasteiger charge is -2.22. The molecule has 24 heavy (non-hydrogen) atoms. The highest BCUT2D eigenvalue weighted by Gasteiger charge is 2.39. The molecule has 2 N–H and O–H groups in total. The van der Waals surface area contributed by atoms with Gasteiger partial charge in [0.05, 0.1) is 16.6 Å². The van der Waals surface area contributed by atoms with Gasteiger partial charge in [0.25, 0.3) is 0 Å². The van der Waals surface area contributed by atoms with Gasteiger partial charge in [-0.15, -0.1) is 12.4 Å². The fourth-order valence-corrected chi connectivity index (χ4v) is 4.73. The lowest BCUT2D eigenvalue weighted by atomic mass is 9.90. The Labute approximate surface area is 149 Å². The number of sulfonamides is 1. The molecule has 0 radical (unpaired) electrons. The maximum Gasteiger partial charge on any atom is 0.243 e. The quantitative estimate of drug-likeness (QED) is 0.893. The average Bonchev–Trinajstić information content (AvgIpc) is 3.11. The molecule has 1 aromatic heterocycles. The predicted octanol–water partition coefficient (Wildman–Crippen LogP) is 2.40. The number of halogens is 1. The molecule has 2 aromatic rings. The lowest BCUT2D eigenvalue weighted by Crippen LogP contribution is -2.34. The average molecular weight is 373 g/mol. The van der Waals surface area contributed by atoms with Gasteiger partial charge in [-0.2, -0.15) is 9.40 Å². The van der Waals surface area contributed by atoms with Gasteiger partial charge in [-0.05, 0) is 50.4 Å². The van der Waals surface area contributed by atoms with Crippen molar-refractivity contribution in [2.45, 2.75) is 38.1 Å². The maximum absolute atomic E-state index is 12.9. The predicted molar refractivity (Wildman–Crippen MR) is 97.9 cm³/mol. The first-order valence-corrected chi connectivity index (χ1v) is 9.38. The minimum absolute atomic E-state index is 0. The zero-order chi connectivity index (χ0) is 16.8. The van der Waals surface area contributed by atoms with Gasteiger partial charge in [-0.1, -0.05) is 6.92 Å². The molecule has 0 amide bonds. The molecule has 1 aliphatic rings. The van der Waals surface area contributed by atoms with E-state index in [1.807, 2.05) is 17.7 Å². The Morgan fingerprint density at radius 1 is 1.38 bits per heavy atom. The molecular formula is C16H25ClN4O2S. The van der Waals surface area contributed by atoms with Crippen molar-refractivity contribution in [2.24, 2.45) is 11.1 Å². The molecule has 1 aliphatic heterocycles. The van der Waals surface area contributed by atoms with Crippen molar-refractivity contribution in [3.8, 4) is 0 Å². The summed E-state index contributed by atoms with van der Waals surface area (Å²) in [5.74, 6) is 0. The van der Waals surface area contributed by atoms with Crippen molar-refractivity contribution in [2.75, 3.05) is 19.6 Å². The molecule has 1 fully saturated rings. The molecule has 0 bridgehead atoms. The third-order valence-corrected chi connectivity index (χ3v) is 6.55. The van der Waals surface area contributed by atoms with Crippen LogP contribution in [0.5, 0.6) is 0 Å². The van der Waals surface area contributed by atoms with Crippen LogP contribution in [0, 0.1) is 5.41 Å². The number of benzene rings is 1. The van der Waals surface area contributed by atoms with Crippen LogP contribution in [-0.2, 0) is 10.0 Å². The summed E-state index contributed by atoms with van der Waals surface area (Å²) in [7, 11) is -3.48. The SMILES string of the molecule is CC(C)n1ncc2cc(S(=O)(=O)N3CCC(C)(CN)C3)ccc21.Cl. The number of nitrogens with zero attached hydrogens (tertiary/aromatic N) is 3. The highest BCUT2D eigenvalue weighted by molar-refractivity contribution is 7.89. The first-order valence-electron chi connectivity index (χ1n) is 7.94. The molecule has 6 nitrogen and oxygen atoms in total. The van der Waals surface area contributed by atoms with Crippen LogP contribution in [0.25, 0.3) is 10.9 Å². The Hall–Kier alpha value is -1.15. The molecule has 1 saturated heterocycles. The fraction of sp³-hybridized carbons (Fsp3) is 0.562. The second-order valence-electron chi connectivity index (χ2n) is 7.01. The molecule has 1 aromatic carbocycles. The van der Waals surface area contributed by atoms with E-state index in [0.717, 1.165) is 17.3 Å². The summed E-state index contributed by atoms with van der Waals surface area (Å²) >= 11 is 0. The first kappa shape index (κ1) is 19.2. The van der Waals surface area contributed by atoms with Crippen LogP contribution in [-0.4, -0.2) is 42.1 Å². The van der Waals surface area contributed by atoms with Gasteiger partial charge < -0.3 is 5.73 Å². The Morgan fingerprint density at radius 3 is 2.67 bits per heavy atom. The van der Waals surface area contributed by atoms with E-state index in [-0.39, 0.29) is 23.9 Å². The molecular weight excluding hydrogens is 348 g/mol. The van der Waals surface area contributed by atoms with Gasteiger partial charge in [0.15, 0.2) is 0 Å². The second kappa shape index (κ2) is 6.63. The van der Waals surface area contributed by atoms with Gasteiger partial charge in [0.1, 0.15) is 0 Å². The number of hydrogen-bond acceptors (Lipinski definition) is 4. The van der Waals surface area contributed by atoms with Crippen molar-refractivity contribution in [1.82, 2.24) is 14.1 Å². The van der Waals surface area contributed by atoms with Crippen LogP contribution in [0.1, 0.15) is 33.2 Å². The Bertz CT molecular complexity index is 834. The van der Waals surface area contributed by atoms with Gasteiger partial charge in [0, 0.05) is 24.5 Å². The topological polar surface area (TPSA) is 81.2 Å². The van der Waals surface area contributed by atoms with Crippen molar-refractivity contribution in [3.63, 3.8) is 0 Å². The minimum atomic E-state index is -3.48. The standard InChI is InChI=1S/C16H24N4O2S.ClH/c1-12(2)20-15-5-4-14(8-13(15)9-18-20)23(21,22)19-7-6-16(3,10-17)11-19;/h4-5,8-9,12H,6-7,10-11,17H2,1-3H3;1H. The molecule has 2 heterocycles. The maximum atomic E-state index is 12.9. The fourth-order valence-electron chi connectivity index (χ4n) is 3.10. The summed E-state index contributed by atoms with van der Waals surface area (Å²) in [5, 5.41) is 5.19. The summed E-state index contributed by atoms with van der Waals surface area (Å²) in [6.45, 7) is 7.65. The van der Waals surface area contributed by atoms with Crippen LogP contribution in [0.15, 0.2) is 29.3 Å². The van der Waals surface area contributed by atoms with Gasteiger partial charge >= 0.3 is 0 Å². The van der Waals surface area contributed by atoms with Gasteiger partial charge in [-0.3, -0.25) is 4.68 Å². The highest BCUT2D eigenvalue weighted by atomic mass is 35.5. The van der Waals surface area contributed by atoms with Crippen LogP contribution >= 0.6 is 12.4 Å². The van der Waals surface area contributed by atoms with E-state index < -0.39 is 10.0 Å². The molecule has 1 atom stereocenters. The zero-order valence-electron chi connectivity index (χ0n) is 14.3. The van der Waals surface area contributed by atoms with Crippen LogP contribution in [0.4, 0.5) is 0 Å². The number of hydrogen-bond donors (Lipinski definition) is 1. The normalized spacial score (nSPS) is 22.2. The number of nitrogens with two attached hydrogens (primary N) is 1. The van der Waals surface area contributed by atoms with Crippen LogP contribution in [0.3, 0.4) is 0 Å². The molecule has 0 aliphatic carbocycles. The van der Waals surface area contributed by atoms with Gasteiger partial charge in [0.2, 0.25) is 10.0 Å². The van der Waals surface area contributed by atoms with Crippen molar-refractivity contribution in [1.29, 1.82) is 0 Å². The van der Waals surface area contributed by atoms with E-state index in [9.17, 15) is 8.42 Å². The van der Waals surface area contributed by atoms with E-state index in [4.69, 9.17) is 5.73 Å².